The summed E-state index contributed by atoms with van der Waals surface area (Å²) in [7, 11) is 5.42. The van der Waals surface area contributed by atoms with Gasteiger partial charge in [0.25, 0.3) is 0 Å². The molecule has 2 aliphatic rings. The molecule has 2 heterocycles. The summed E-state index contributed by atoms with van der Waals surface area (Å²) in [6.07, 6.45) is -0.251. The quantitative estimate of drug-likeness (QED) is 0.677. The van der Waals surface area contributed by atoms with Crippen LogP contribution in [0.25, 0.3) is 0 Å². The van der Waals surface area contributed by atoms with Crippen molar-refractivity contribution in [2.24, 2.45) is 0 Å². The van der Waals surface area contributed by atoms with E-state index in [0.29, 0.717) is 6.54 Å². The lowest BCUT2D eigenvalue weighted by Gasteiger charge is -2.34. The second-order valence-electron chi connectivity index (χ2n) is 6.69. The topological polar surface area (TPSA) is 46.6 Å². The van der Waals surface area contributed by atoms with Crippen molar-refractivity contribution in [3.8, 4) is 0 Å². The van der Waals surface area contributed by atoms with Crippen molar-refractivity contribution < 1.29 is 18.9 Å². The number of nitrogens with zero attached hydrogens (tertiary/aromatic N) is 3. The standard InChI is InChI=1S/C19H31N3O4/c1-20(15-19(23-2)24-3)16-12-17(21-4-8-25-9-5-21)14-18(13-16)22-6-10-26-11-7-22/h12-14,19H,4-11,15H2,1-3H3. The van der Waals surface area contributed by atoms with Gasteiger partial charge in [0.05, 0.1) is 33.0 Å². The Bertz CT molecular complexity index is 519. The fourth-order valence-electron chi connectivity index (χ4n) is 3.38. The molecule has 2 saturated heterocycles. The van der Waals surface area contributed by atoms with E-state index in [2.05, 4.69) is 39.9 Å². The van der Waals surface area contributed by atoms with Gasteiger partial charge in [-0.3, -0.25) is 0 Å². The van der Waals surface area contributed by atoms with Crippen molar-refractivity contribution >= 4 is 17.1 Å². The summed E-state index contributed by atoms with van der Waals surface area (Å²) in [6.45, 7) is 7.49. The Hall–Kier alpha value is -1.54. The predicted octanol–water partition coefficient (Wildman–Crippen LogP) is 1.41. The summed E-state index contributed by atoms with van der Waals surface area (Å²) in [5.74, 6) is 0. The number of hydrogen-bond donors (Lipinski definition) is 0. The smallest absolute Gasteiger partial charge is 0.174 e. The molecule has 0 bridgehead atoms. The van der Waals surface area contributed by atoms with E-state index in [1.165, 1.54) is 11.4 Å². The van der Waals surface area contributed by atoms with Gasteiger partial charge < -0.3 is 33.6 Å². The lowest BCUT2D eigenvalue weighted by molar-refractivity contribution is -0.0944. The molecule has 0 N–H and O–H groups in total. The van der Waals surface area contributed by atoms with Gasteiger partial charge in [0.15, 0.2) is 6.29 Å². The van der Waals surface area contributed by atoms with Crippen LogP contribution in [0.4, 0.5) is 17.1 Å². The summed E-state index contributed by atoms with van der Waals surface area (Å²) in [6, 6.07) is 6.79. The summed E-state index contributed by atoms with van der Waals surface area (Å²) in [5.41, 5.74) is 3.64. The fraction of sp³-hybridized carbons (Fsp3) is 0.684. The van der Waals surface area contributed by atoms with Gasteiger partial charge in [-0.25, -0.2) is 0 Å². The third-order valence-corrected chi connectivity index (χ3v) is 5.03. The van der Waals surface area contributed by atoms with E-state index in [4.69, 9.17) is 18.9 Å². The summed E-state index contributed by atoms with van der Waals surface area (Å²) in [5, 5.41) is 0. The van der Waals surface area contributed by atoms with Crippen LogP contribution in [-0.2, 0) is 18.9 Å². The van der Waals surface area contributed by atoms with E-state index in [-0.39, 0.29) is 6.29 Å². The van der Waals surface area contributed by atoms with Gasteiger partial charge in [-0.1, -0.05) is 0 Å². The first-order chi connectivity index (χ1) is 12.7. The maximum atomic E-state index is 5.52. The van der Waals surface area contributed by atoms with E-state index >= 15 is 0 Å². The minimum absolute atomic E-state index is 0.251. The maximum Gasteiger partial charge on any atom is 0.174 e. The van der Waals surface area contributed by atoms with Crippen LogP contribution in [0.5, 0.6) is 0 Å². The van der Waals surface area contributed by atoms with Crippen LogP contribution in [-0.4, -0.2) is 86.7 Å². The monoisotopic (exact) mass is 365 g/mol. The maximum absolute atomic E-state index is 5.52. The minimum atomic E-state index is -0.251. The van der Waals surface area contributed by atoms with Gasteiger partial charge >= 0.3 is 0 Å². The van der Waals surface area contributed by atoms with Crippen LogP contribution in [0.2, 0.25) is 0 Å². The Kier molecular flexibility index (Phi) is 6.96. The molecule has 1 aromatic rings. The molecule has 1 aromatic carbocycles. The Balaban J connectivity index is 1.85. The Labute approximate surface area is 156 Å². The highest BCUT2D eigenvalue weighted by Gasteiger charge is 2.19. The fourth-order valence-corrected chi connectivity index (χ4v) is 3.38. The second-order valence-corrected chi connectivity index (χ2v) is 6.69. The lowest BCUT2D eigenvalue weighted by Crippen LogP contribution is -2.38. The average Bonchev–Trinajstić information content (AvgIpc) is 2.72. The third kappa shape index (κ3) is 4.79. The predicted molar refractivity (Wildman–Crippen MR) is 104 cm³/mol. The Morgan fingerprint density at radius 1 is 0.885 bits per heavy atom. The van der Waals surface area contributed by atoms with E-state index < -0.39 is 0 Å². The Morgan fingerprint density at radius 2 is 1.35 bits per heavy atom. The van der Waals surface area contributed by atoms with E-state index in [1.807, 2.05) is 0 Å². The molecule has 0 aliphatic carbocycles. The zero-order valence-electron chi connectivity index (χ0n) is 16.1. The first kappa shape index (κ1) is 19.2. The van der Waals surface area contributed by atoms with E-state index in [0.717, 1.165) is 58.3 Å². The van der Waals surface area contributed by atoms with Crippen LogP contribution in [0.1, 0.15) is 0 Å². The van der Waals surface area contributed by atoms with Crippen LogP contribution in [0.15, 0.2) is 18.2 Å². The number of methoxy groups -OCH3 is 2. The molecule has 3 rings (SSSR count). The molecule has 0 radical (unpaired) electrons. The number of rotatable bonds is 7. The molecule has 0 aromatic heterocycles. The van der Waals surface area contributed by atoms with Crippen molar-refractivity contribution in [2.45, 2.75) is 6.29 Å². The van der Waals surface area contributed by atoms with Crippen molar-refractivity contribution in [3.63, 3.8) is 0 Å². The normalized spacial score (nSPS) is 18.5. The molecule has 0 spiro atoms. The molecule has 26 heavy (non-hydrogen) atoms. The zero-order chi connectivity index (χ0) is 18.4. The largest absolute Gasteiger partial charge is 0.378 e. The Morgan fingerprint density at radius 3 is 1.77 bits per heavy atom. The molecular weight excluding hydrogens is 334 g/mol. The zero-order valence-corrected chi connectivity index (χ0v) is 16.1. The highest BCUT2D eigenvalue weighted by molar-refractivity contribution is 5.70. The summed E-state index contributed by atoms with van der Waals surface area (Å²) < 4.78 is 21.8. The molecular formula is C19H31N3O4. The van der Waals surface area contributed by atoms with Crippen molar-refractivity contribution in [1.29, 1.82) is 0 Å². The van der Waals surface area contributed by atoms with Gasteiger partial charge in [-0.05, 0) is 18.2 Å². The molecule has 146 valence electrons. The number of hydrogen-bond acceptors (Lipinski definition) is 7. The molecule has 0 unspecified atom stereocenters. The van der Waals surface area contributed by atoms with Crippen LogP contribution < -0.4 is 14.7 Å². The number of anilines is 3. The second kappa shape index (κ2) is 9.41. The summed E-state index contributed by atoms with van der Waals surface area (Å²) in [4.78, 5) is 6.98. The van der Waals surface area contributed by atoms with Crippen molar-refractivity contribution in [1.82, 2.24) is 0 Å². The highest BCUT2D eigenvalue weighted by Crippen LogP contribution is 2.31. The van der Waals surface area contributed by atoms with Gasteiger partial charge in [0.1, 0.15) is 0 Å². The van der Waals surface area contributed by atoms with E-state index in [9.17, 15) is 0 Å². The van der Waals surface area contributed by atoms with Gasteiger partial charge in [-0.15, -0.1) is 0 Å². The molecule has 0 amide bonds. The molecule has 7 heteroatoms. The van der Waals surface area contributed by atoms with Gasteiger partial charge in [-0.2, -0.15) is 0 Å². The molecule has 0 saturated carbocycles. The van der Waals surface area contributed by atoms with Crippen LogP contribution in [0, 0.1) is 0 Å². The molecule has 0 atom stereocenters. The number of likely N-dealkylation sites (N-methyl/N-ethyl adjacent to an activating group) is 1. The average molecular weight is 365 g/mol. The van der Waals surface area contributed by atoms with Crippen molar-refractivity contribution in [2.75, 3.05) is 95.1 Å². The van der Waals surface area contributed by atoms with Gasteiger partial charge in [0.2, 0.25) is 0 Å². The summed E-state index contributed by atoms with van der Waals surface area (Å²) >= 11 is 0. The molecule has 7 nitrogen and oxygen atoms in total. The number of morpholine rings is 2. The highest BCUT2D eigenvalue weighted by atomic mass is 16.7. The van der Waals surface area contributed by atoms with Crippen molar-refractivity contribution in [3.05, 3.63) is 18.2 Å². The van der Waals surface area contributed by atoms with Gasteiger partial charge in [0, 0.05) is 64.5 Å². The third-order valence-electron chi connectivity index (χ3n) is 5.03. The number of benzene rings is 1. The number of ether oxygens (including phenoxy) is 4. The minimum Gasteiger partial charge on any atom is -0.378 e. The van der Waals surface area contributed by atoms with Crippen LogP contribution >= 0.6 is 0 Å². The first-order valence-electron chi connectivity index (χ1n) is 9.28. The SMILES string of the molecule is COC(CN(C)c1cc(N2CCOCC2)cc(N2CCOCC2)c1)OC. The molecule has 2 aliphatic heterocycles. The first-order valence-corrected chi connectivity index (χ1v) is 9.28. The van der Waals surface area contributed by atoms with E-state index in [1.54, 1.807) is 14.2 Å². The molecule has 2 fully saturated rings. The van der Waals surface area contributed by atoms with Crippen LogP contribution in [0.3, 0.4) is 0 Å². The lowest BCUT2D eigenvalue weighted by atomic mass is 10.1.